The molecule has 156 valence electrons. The van der Waals surface area contributed by atoms with Gasteiger partial charge >= 0.3 is 0 Å². The minimum atomic E-state index is -1.09. The van der Waals surface area contributed by atoms with Crippen LogP contribution in [0.1, 0.15) is 22.3 Å². The van der Waals surface area contributed by atoms with Crippen molar-refractivity contribution in [3.63, 3.8) is 0 Å². The summed E-state index contributed by atoms with van der Waals surface area (Å²) >= 11 is 0. The van der Waals surface area contributed by atoms with Gasteiger partial charge in [0.25, 0.3) is 0 Å². The zero-order chi connectivity index (χ0) is 19.8. The van der Waals surface area contributed by atoms with Crippen LogP contribution in [0.25, 0.3) is 0 Å². The van der Waals surface area contributed by atoms with Crippen LogP contribution >= 0.6 is 0 Å². The molecule has 0 aliphatic rings. The molecule has 0 heterocycles. The topological polar surface area (TPSA) is 23.5 Å². The summed E-state index contributed by atoms with van der Waals surface area (Å²) < 4.78 is 0. The van der Waals surface area contributed by atoms with Crippen LogP contribution in [0.3, 0.4) is 0 Å². The van der Waals surface area contributed by atoms with E-state index in [0.717, 1.165) is 23.2 Å². The van der Waals surface area contributed by atoms with Crippen LogP contribution in [0, 0.1) is 0 Å². The third-order valence-corrected chi connectivity index (χ3v) is 4.69. The molecule has 4 rings (SSSR count). The van der Waals surface area contributed by atoms with Gasteiger partial charge < -0.3 is 39.8 Å². The number of hydrogen-bond donors (Lipinski definition) is 1. The van der Waals surface area contributed by atoms with Crippen molar-refractivity contribution in [2.75, 3.05) is 14.1 Å². The fraction of sp³-hybridized carbons (Fsp3) is 0.154. The number of benzene rings is 2. The minimum Gasteiger partial charge on any atom is -0.747 e. The summed E-state index contributed by atoms with van der Waals surface area (Å²) in [6.07, 6.45) is 0. The van der Waals surface area contributed by atoms with E-state index in [9.17, 15) is 5.11 Å². The molecule has 0 atom stereocenters. The third kappa shape index (κ3) is 5.79. The number of hydrogen-bond acceptors (Lipinski definition) is 2. The fourth-order valence-electron chi connectivity index (χ4n) is 3.36. The van der Waals surface area contributed by atoms with E-state index in [-0.39, 0.29) is 17.1 Å². The molecule has 0 amide bonds. The van der Waals surface area contributed by atoms with Gasteiger partial charge in [-0.05, 0) is 37.4 Å². The number of nitrogens with zero attached hydrogens (tertiary/aromatic N) is 1. The van der Waals surface area contributed by atoms with Crippen LogP contribution in [0.5, 0.6) is 0 Å². The molecule has 3 heteroatoms. The smallest absolute Gasteiger partial charge is 0 e. The summed E-state index contributed by atoms with van der Waals surface area (Å²) in [5, 5.41) is 11.3. The molecule has 0 bridgehead atoms. The van der Waals surface area contributed by atoms with E-state index < -0.39 is 5.60 Å². The molecule has 0 aliphatic carbocycles. The Morgan fingerprint density at radius 1 is 0.793 bits per heavy atom. The van der Waals surface area contributed by atoms with Crippen molar-refractivity contribution < 1.29 is 22.2 Å². The second kappa shape index (κ2) is 10.9. The summed E-state index contributed by atoms with van der Waals surface area (Å²) in [6, 6.07) is 35.8. The van der Waals surface area contributed by atoms with E-state index >= 15 is 0 Å². The van der Waals surface area contributed by atoms with Gasteiger partial charge in [0, 0.05) is 17.1 Å². The molecular weight excluding hydrogens is 398 g/mol. The van der Waals surface area contributed by atoms with Crippen molar-refractivity contribution in [3.8, 4) is 0 Å². The normalized spacial score (nSPS) is 10.8. The standard InChI is InChI=1S/C18H15O.C8H12N.Fe/c19-18(17-13-7-8-14-17,15-9-3-1-4-10-15)16-11-5-2-6-12-16;1-9(2)7-8-5-3-4-6-8;/h1-14,19H;3-6H,7H2,1-2H3;/q-5;-1;. The minimum absolute atomic E-state index is 0. The molecule has 29 heavy (non-hydrogen) atoms. The van der Waals surface area contributed by atoms with Crippen molar-refractivity contribution in [3.05, 3.63) is 131 Å². The first-order chi connectivity index (χ1) is 13.6. The van der Waals surface area contributed by atoms with Gasteiger partial charge in [-0.1, -0.05) is 60.7 Å². The maximum Gasteiger partial charge on any atom is 0 e. The van der Waals surface area contributed by atoms with Gasteiger partial charge in [-0.15, -0.1) is 5.56 Å². The Morgan fingerprint density at radius 3 is 1.66 bits per heavy atom. The molecule has 1 N–H and O–H groups in total. The van der Waals surface area contributed by atoms with Crippen LogP contribution < -0.4 is 0 Å². The van der Waals surface area contributed by atoms with E-state index in [1.807, 2.05) is 84.9 Å². The summed E-state index contributed by atoms with van der Waals surface area (Å²) in [5.74, 6) is 0. The zero-order valence-electron chi connectivity index (χ0n) is 16.8. The molecule has 0 spiro atoms. The van der Waals surface area contributed by atoms with Crippen molar-refractivity contribution in [2.45, 2.75) is 12.1 Å². The van der Waals surface area contributed by atoms with Crippen LogP contribution in [-0.4, -0.2) is 24.1 Å². The van der Waals surface area contributed by atoms with Gasteiger partial charge in [0.2, 0.25) is 0 Å². The third-order valence-electron chi connectivity index (χ3n) is 4.69. The van der Waals surface area contributed by atoms with E-state index in [1.54, 1.807) is 0 Å². The Kier molecular flexibility index (Phi) is 8.63. The quantitative estimate of drug-likeness (QED) is 0.353. The second-order valence-electron chi connectivity index (χ2n) is 7.15. The van der Waals surface area contributed by atoms with E-state index in [0.29, 0.717) is 0 Å². The van der Waals surface area contributed by atoms with Crippen molar-refractivity contribution in [1.82, 2.24) is 4.90 Å². The molecule has 0 aliphatic heterocycles. The average molecular weight is 425 g/mol. The predicted octanol–water partition coefficient (Wildman–Crippen LogP) is 5.15. The van der Waals surface area contributed by atoms with Crippen LogP contribution in [0.15, 0.2) is 109 Å². The molecule has 0 unspecified atom stereocenters. The van der Waals surface area contributed by atoms with Crippen LogP contribution in [-0.2, 0) is 29.2 Å². The molecular formula is C26H27FeNO-6. The molecule has 0 saturated carbocycles. The van der Waals surface area contributed by atoms with Gasteiger partial charge in [-0.25, -0.2) is 12.1 Å². The first-order valence-corrected chi connectivity index (χ1v) is 9.51. The first-order valence-electron chi connectivity index (χ1n) is 9.51. The first kappa shape index (κ1) is 22.9. The molecule has 4 aromatic carbocycles. The van der Waals surface area contributed by atoms with Crippen LogP contribution in [0.4, 0.5) is 0 Å². The Labute approximate surface area is 184 Å². The van der Waals surface area contributed by atoms with Gasteiger partial charge in [0.15, 0.2) is 0 Å². The van der Waals surface area contributed by atoms with Gasteiger partial charge in [0.05, 0.1) is 0 Å². The largest absolute Gasteiger partial charge is 0.747 e. The maximum atomic E-state index is 11.3. The molecule has 4 aromatic rings. The van der Waals surface area contributed by atoms with Gasteiger partial charge in [-0.2, -0.15) is 12.1 Å². The van der Waals surface area contributed by atoms with Gasteiger partial charge in [-0.3, -0.25) is 0 Å². The Hall–Kier alpha value is -2.42. The van der Waals surface area contributed by atoms with Crippen molar-refractivity contribution in [1.29, 1.82) is 0 Å². The summed E-state index contributed by atoms with van der Waals surface area (Å²) in [5.41, 5.74) is 2.95. The van der Waals surface area contributed by atoms with E-state index in [1.165, 1.54) is 5.56 Å². The zero-order valence-corrected chi connectivity index (χ0v) is 18.0. The average Bonchev–Trinajstić information content (AvgIpc) is 3.43. The number of aliphatic hydroxyl groups is 1. The molecule has 0 radical (unpaired) electrons. The molecule has 0 saturated heterocycles. The predicted molar refractivity (Wildman–Crippen MR) is 116 cm³/mol. The van der Waals surface area contributed by atoms with Crippen molar-refractivity contribution in [2.24, 2.45) is 0 Å². The van der Waals surface area contributed by atoms with E-state index in [2.05, 4.69) is 43.3 Å². The number of rotatable bonds is 5. The summed E-state index contributed by atoms with van der Waals surface area (Å²) in [7, 11) is 4.15. The second-order valence-corrected chi connectivity index (χ2v) is 7.15. The molecule has 2 nitrogen and oxygen atoms in total. The Balaban J connectivity index is 0.000000255. The van der Waals surface area contributed by atoms with E-state index in [4.69, 9.17) is 0 Å². The van der Waals surface area contributed by atoms with Crippen molar-refractivity contribution >= 4 is 0 Å². The summed E-state index contributed by atoms with van der Waals surface area (Å²) in [6.45, 7) is 1.05. The maximum absolute atomic E-state index is 11.3. The Bertz CT molecular complexity index is 874. The van der Waals surface area contributed by atoms with Crippen LogP contribution in [0.2, 0.25) is 0 Å². The monoisotopic (exact) mass is 425 g/mol. The Morgan fingerprint density at radius 2 is 1.24 bits per heavy atom. The molecule has 0 aromatic heterocycles. The van der Waals surface area contributed by atoms with Gasteiger partial charge in [0.1, 0.15) is 0 Å². The fourth-order valence-corrected chi connectivity index (χ4v) is 3.36. The molecule has 0 fully saturated rings. The summed E-state index contributed by atoms with van der Waals surface area (Å²) in [4.78, 5) is 2.16. The SMILES string of the molecule is CN(C)C[c-]1cccc1.OC(c1ccccc1)(c1ccccc1)[c-]1[cH-][cH-][cH-][cH-]1.[Fe].